The first-order valence-electron chi connectivity index (χ1n) is 14.3. The van der Waals surface area contributed by atoms with Crippen molar-refractivity contribution < 1.29 is 9.59 Å². The van der Waals surface area contributed by atoms with E-state index in [4.69, 9.17) is 11.6 Å². The number of amides is 2. The highest BCUT2D eigenvalue weighted by Gasteiger charge is 2.48. The van der Waals surface area contributed by atoms with Gasteiger partial charge in [0.1, 0.15) is 6.04 Å². The number of nitrogens with zero attached hydrogens (tertiary/aromatic N) is 3. The van der Waals surface area contributed by atoms with E-state index in [0.29, 0.717) is 23.9 Å². The van der Waals surface area contributed by atoms with Crippen LogP contribution in [0.25, 0.3) is 10.9 Å². The number of aromatic nitrogens is 1. The number of hydrogen-bond donors (Lipinski definition) is 1. The Morgan fingerprint density at radius 1 is 0.875 bits per heavy atom. The van der Waals surface area contributed by atoms with Crippen molar-refractivity contribution in [3.05, 3.63) is 106 Å². The summed E-state index contributed by atoms with van der Waals surface area (Å²) < 4.78 is 0. The number of carbonyl (C=O) groups is 2. The van der Waals surface area contributed by atoms with Gasteiger partial charge in [0.05, 0.1) is 12.6 Å². The molecule has 2 saturated heterocycles. The predicted molar refractivity (Wildman–Crippen MR) is 157 cm³/mol. The fraction of sp³-hybridized carbons (Fsp3) is 0.333. The van der Waals surface area contributed by atoms with Gasteiger partial charge in [-0.1, -0.05) is 72.3 Å². The molecule has 7 heteroatoms. The van der Waals surface area contributed by atoms with Gasteiger partial charge in [0.25, 0.3) is 0 Å². The van der Waals surface area contributed by atoms with E-state index in [0.717, 1.165) is 60.2 Å². The van der Waals surface area contributed by atoms with Crippen LogP contribution in [0.1, 0.15) is 41.3 Å². The van der Waals surface area contributed by atoms with Crippen LogP contribution in [0.3, 0.4) is 0 Å². The number of para-hydroxylation sites is 1. The van der Waals surface area contributed by atoms with E-state index in [1.165, 1.54) is 5.56 Å². The molecule has 2 unspecified atom stereocenters. The van der Waals surface area contributed by atoms with Crippen LogP contribution in [-0.2, 0) is 22.6 Å². The second kappa shape index (κ2) is 10.4. The number of H-pyrrole nitrogens is 1. The zero-order valence-corrected chi connectivity index (χ0v) is 23.2. The Morgan fingerprint density at radius 2 is 1.60 bits per heavy atom. The third-order valence-electron chi connectivity index (χ3n) is 8.96. The standard InChI is InChI=1S/C33H33ClN4O2/c34-25-12-10-24(11-13-25)32-31-27(26-8-4-5-9-28(26)35-31)18-29-33(40)37(21-30(39)38(29)32)20-23-14-16-36(17-15-23)19-22-6-2-1-3-7-22/h1-13,23,29,32,35H,14-21H2. The van der Waals surface area contributed by atoms with Gasteiger partial charge in [0.15, 0.2) is 0 Å². The number of piperidine rings is 1. The zero-order valence-electron chi connectivity index (χ0n) is 22.4. The lowest BCUT2D eigenvalue weighted by atomic mass is 9.85. The molecular weight excluding hydrogens is 520 g/mol. The van der Waals surface area contributed by atoms with E-state index in [9.17, 15) is 9.59 Å². The lowest BCUT2D eigenvalue weighted by Crippen LogP contribution is -2.63. The number of benzene rings is 3. The third-order valence-corrected chi connectivity index (χ3v) is 9.21. The lowest BCUT2D eigenvalue weighted by Gasteiger charge is -2.48. The SMILES string of the molecule is O=C1C2Cc3c([nH]c4ccccc34)C(c3ccc(Cl)cc3)N2C(=O)CN1CC1CCN(Cc2ccccc2)CC1. The number of aromatic amines is 1. The lowest BCUT2D eigenvalue weighted by molar-refractivity contribution is -0.159. The first-order chi connectivity index (χ1) is 19.5. The summed E-state index contributed by atoms with van der Waals surface area (Å²) in [6.45, 7) is 3.79. The quantitative estimate of drug-likeness (QED) is 0.360. The second-order valence-corrected chi connectivity index (χ2v) is 11.9. The zero-order chi connectivity index (χ0) is 27.2. The van der Waals surface area contributed by atoms with Crippen molar-refractivity contribution >= 4 is 34.3 Å². The topological polar surface area (TPSA) is 59.7 Å². The molecule has 0 spiro atoms. The van der Waals surface area contributed by atoms with Gasteiger partial charge in [-0.3, -0.25) is 14.5 Å². The first kappa shape index (κ1) is 25.4. The van der Waals surface area contributed by atoms with Crippen LogP contribution in [0.5, 0.6) is 0 Å². The van der Waals surface area contributed by atoms with E-state index >= 15 is 0 Å². The molecular formula is C33H33ClN4O2. The smallest absolute Gasteiger partial charge is 0.246 e. The Balaban J connectivity index is 1.12. The highest BCUT2D eigenvalue weighted by atomic mass is 35.5. The molecule has 4 aromatic rings. The van der Waals surface area contributed by atoms with Crippen LogP contribution in [0.15, 0.2) is 78.9 Å². The minimum atomic E-state index is -0.508. The molecule has 4 heterocycles. The van der Waals surface area contributed by atoms with Gasteiger partial charge >= 0.3 is 0 Å². The molecule has 7 rings (SSSR count). The van der Waals surface area contributed by atoms with Crippen molar-refractivity contribution in [3.63, 3.8) is 0 Å². The maximum atomic E-state index is 14.1. The van der Waals surface area contributed by atoms with E-state index in [2.05, 4.69) is 52.3 Å². The van der Waals surface area contributed by atoms with Gasteiger partial charge in [-0.2, -0.15) is 0 Å². The molecule has 204 valence electrons. The highest BCUT2D eigenvalue weighted by Crippen LogP contribution is 2.43. The summed E-state index contributed by atoms with van der Waals surface area (Å²) in [5, 5.41) is 1.77. The molecule has 1 N–H and O–H groups in total. The Labute approximate surface area is 239 Å². The molecule has 0 radical (unpaired) electrons. The van der Waals surface area contributed by atoms with E-state index < -0.39 is 6.04 Å². The first-order valence-corrected chi connectivity index (χ1v) is 14.6. The highest BCUT2D eigenvalue weighted by molar-refractivity contribution is 6.30. The van der Waals surface area contributed by atoms with Crippen LogP contribution < -0.4 is 0 Å². The van der Waals surface area contributed by atoms with Gasteiger partial charge in [-0.25, -0.2) is 0 Å². The maximum Gasteiger partial charge on any atom is 0.246 e. The molecule has 3 aliphatic heterocycles. The Hall–Kier alpha value is -3.61. The summed E-state index contributed by atoms with van der Waals surface area (Å²) in [7, 11) is 0. The number of hydrogen-bond acceptors (Lipinski definition) is 3. The van der Waals surface area contributed by atoms with Crippen molar-refractivity contribution in [1.82, 2.24) is 19.7 Å². The third kappa shape index (κ3) is 4.59. The van der Waals surface area contributed by atoms with Gasteiger partial charge in [0.2, 0.25) is 11.8 Å². The molecule has 40 heavy (non-hydrogen) atoms. The van der Waals surface area contributed by atoms with Crippen molar-refractivity contribution in [2.75, 3.05) is 26.2 Å². The molecule has 6 nitrogen and oxygen atoms in total. The van der Waals surface area contributed by atoms with Gasteiger partial charge in [-0.05, 0) is 66.7 Å². The molecule has 2 fully saturated rings. The molecule has 2 amide bonds. The summed E-state index contributed by atoms with van der Waals surface area (Å²) in [5.74, 6) is 0.492. The number of nitrogens with one attached hydrogen (secondary N) is 1. The fourth-order valence-corrected chi connectivity index (χ4v) is 7.08. The Kier molecular flexibility index (Phi) is 6.60. The summed E-state index contributed by atoms with van der Waals surface area (Å²) in [5.41, 5.74) is 5.46. The molecule has 1 aromatic heterocycles. The van der Waals surface area contributed by atoms with Crippen molar-refractivity contribution in [1.29, 1.82) is 0 Å². The number of carbonyl (C=O) groups excluding carboxylic acids is 2. The van der Waals surface area contributed by atoms with Crippen LogP contribution in [0, 0.1) is 5.92 Å². The van der Waals surface area contributed by atoms with Crippen molar-refractivity contribution in [3.8, 4) is 0 Å². The Morgan fingerprint density at radius 3 is 2.38 bits per heavy atom. The molecule has 0 bridgehead atoms. The average molecular weight is 553 g/mol. The minimum absolute atomic E-state index is 0.00960. The number of rotatable bonds is 5. The molecule has 3 aromatic carbocycles. The van der Waals surface area contributed by atoms with Crippen molar-refractivity contribution in [2.24, 2.45) is 5.92 Å². The van der Waals surface area contributed by atoms with Crippen LogP contribution in [0.4, 0.5) is 0 Å². The normalized spacial score (nSPS) is 22.0. The van der Waals surface area contributed by atoms with Crippen LogP contribution >= 0.6 is 11.6 Å². The van der Waals surface area contributed by atoms with Crippen LogP contribution in [-0.4, -0.2) is 63.7 Å². The largest absolute Gasteiger partial charge is 0.356 e. The molecule has 0 saturated carbocycles. The van der Waals surface area contributed by atoms with E-state index in [1.54, 1.807) is 0 Å². The van der Waals surface area contributed by atoms with Crippen molar-refractivity contribution in [2.45, 2.75) is 37.9 Å². The molecule has 0 aliphatic carbocycles. The van der Waals surface area contributed by atoms with Gasteiger partial charge in [0, 0.05) is 41.1 Å². The number of piperazine rings is 1. The monoisotopic (exact) mass is 552 g/mol. The van der Waals surface area contributed by atoms with Gasteiger partial charge in [-0.15, -0.1) is 0 Å². The fourth-order valence-electron chi connectivity index (χ4n) is 6.95. The summed E-state index contributed by atoms with van der Waals surface area (Å²) in [6, 6.07) is 25.6. The number of halogens is 1. The molecule has 2 atom stereocenters. The van der Waals surface area contributed by atoms with E-state index in [-0.39, 0.29) is 24.4 Å². The number of fused-ring (bicyclic) bond motifs is 4. The Bertz CT molecular complexity index is 1540. The maximum absolute atomic E-state index is 14.1. The van der Waals surface area contributed by atoms with E-state index in [1.807, 2.05) is 46.2 Å². The van der Waals surface area contributed by atoms with Crippen LogP contribution in [0.2, 0.25) is 5.02 Å². The summed E-state index contributed by atoms with van der Waals surface area (Å²) >= 11 is 6.21. The van der Waals surface area contributed by atoms with Gasteiger partial charge < -0.3 is 14.8 Å². The predicted octanol–water partition coefficient (Wildman–Crippen LogP) is 5.42. The minimum Gasteiger partial charge on any atom is -0.356 e. The summed E-state index contributed by atoms with van der Waals surface area (Å²) in [4.78, 5) is 37.7. The summed E-state index contributed by atoms with van der Waals surface area (Å²) in [6.07, 6.45) is 2.61. The average Bonchev–Trinajstić information content (AvgIpc) is 3.35. The molecule has 3 aliphatic rings. The second-order valence-electron chi connectivity index (χ2n) is 11.5. The number of likely N-dealkylation sites (tertiary alicyclic amines) is 1.